The zero-order valence-electron chi connectivity index (χ0n) is 10.0. The maximum atomic E-state index is 10.8. The number of nitrogens with one attached hydrogen (secondary N) is 1. The lowest BCUT2D eigenvalue weighted by Gasteiger charge is -2.13. The monoisotopic (exact) mass is 277 g/mol. The molecule has 8 nitrogen and oxygen atoms in total. The summed E-state index contributed by atoms with van der Waals surface area (Å²) in [7, 11) is -3.44. The molecule has 1 atom stereocenters. The predicted octanol–water partition coefficient (Wildman–Crippen LogP) is -0.217. The lowest BCUT2D eigenvalue weighted by molar-refractivity contribution is -0.143. The van der Waals surface area contributed by atoms with Crippen LogP contribution in [-0.4, -0.2) is 42.8 Å². The van der Waals surface area contributed by atoms with Gasteiger partial charge in [0.25, 0.3) is 16.0 Å². The Morgan fingerprint density at radius 1 is 1.56 bits per heavy atom. The minimum atomic E-state index is -3.44. The second-order valence-corrected chi connectivity index (χ2v) is 5.37. The van der Waals surface area contributed by atoms with Crippen LogP contribution in [0.25, 0.3) is 0 Å². The number of rotatable bonds is 7. The van der Waals surface area contributed by atoms with Crippen LogP contribution in [0.1, 0.15) is 12.5 Å². The first-order valence-corrected chi connectivity index (χ1v) is 6.94. The average Bonchev–Trinajstić information content (AvgIpc) is 2.33. The van der Waals surface area contributed by atoms with Crippen LogP contribution in [0.2, 0.25) is 0 Å². The summed E-state index contributed by atoms with van der Waals surface area (Å²) in [5.41, 5.74) is 0.596. The average molecular weight is 277 g/mol. The fraction of sp³-hybridized carbons (Fsp3) is 0.556. The summed E-state index contributed by atoms with van der Waals surface area (Å²) in [6, 6.07) is 1.43. The van der Waals surface area contributed by atoms with Crippen LogP contribution in [0.5, 0.6) is 5.88 Å². The van der Waals surface area contributed by atoms with Crippen molar-refractivity contribution in [3.8, 4) is 5.88 Å². The molecule has 2 N–H and O–H groups in total. The Balaban J connectivity index is 2.45. The van der Waals surface area contributed by atoms with Crippen LogP contribution >= 0.6 is 0 Å². The molecule has 0 spiro atoms. The molecule has 0 aliphatic heterocycles. The van der Waals surface area contributed by atoms with E-state index in [0.29, 0.717) is 12.1 Å². The van der Waals surface area contributed by atoms with E-state index >= 15 is 0 Å². The second-order valence-electron chi connectivity index (χ2n) is 3.72. The highest BCUT2D eigenvalue weighted by atomic mass is 32.2. The fourth-order valence-electron chi connectivity index (χ4n) is 1.12. The van der Waals surface area contributed by atoms with Gasteiger partial charge in [-0.3, -0.25) is 4.18 Å². The molecule has 1 aromatic rings. The zero-order valence-corrected chi connectivity index (χ0v) is 10.8. The van der Waals surface area contributed by atoms with Crippen molar-refractivity contribution < 1.29 is 22.7 Å². The number of hydrogen-bond donors (Lipinski definition) is 2. The summed E-state index contributed by atoms with van der Waals surface area (Å²) in [6.07, 6.45) is 2.45. The van der Waals surface area contributed by atoms with E-state index in [2.05, 4.69) is 24.6 Å². The SMILES string of the molecule is C[C@@H](COS(C)(=O)=O)NCc1ccnnc1OO. The third-order valence-electron chi connectivity index (χ3n) is 2.03. The maximum absolute atomic E-state index is 10.8. The quantitative estimate of drug-likeness (QED) is 0.400. The van der Waals surface area contributed by atoms with E-state index in [1.807, 2.05) is 0 Å². The van der Waals surface area contributed by atoms with Gasteiger partial charge in [0.05, 0.1) is 19.1 Å². The highest BCUT2D eigenvalue weighted by molar-refractivity contribution is 7.85. The Labute approximate surface area is 105 Å². The van der Waals surface area contributed by atoms with Crippen LogP contribution in [-0.2, 0) is 20.8 Å². The second kappa shape index (κ2) is 6.59. The fourth-order valence-corrected chi connectivity index (χ4v) is 1.58. The molecule has 1 heterocycles. The summed E-state index contributed by atoms with van der Waals surface area (Å²) >= 11 is 0. The van der Waals surface area contributed by atoms with Gasteiger partial charge in [-0.15, -0.1) is 5.10 Å². The zero-order chi connectivity index (χ0) is 13.6. The minimum absolute atomic E-state index is 0.00114. The maximum Gasteiger partial charge on any atom is 0.279 e. The Morgan fingerprint density at radius 2 is 2.28 bits per heavy atom. The summed E-state index contributed by atoms with van der Waals surface area (Å²) in [4.78, 5) is 4.05. The molecule has 0 bridgehead atoms. The Hall–Kier alpha value is -1.29. The molecule has 0 aliphatic rings. The van der Waals surface area contributed by atoms with Crippen LogP contribution in [0.3, 0.4) is 0 Å². The van der Waals surface area contributed by atoms with Crippen molar-refractivity contribution in [3.05, 3.63) is 17.8 Å². The Morgan fingerprint density at radius 3 is 2.89 bits per heavy atom. The van der Waals surface area contributed by atoms with E-state index in [1.54, 1.807) is 13.0 Å². The van der Waals surface area contributed by atoms with Gasteiger partial charge in [0.2, 0.25) is 0 Å². The van der Waals surface area contributed by atoms with E-state index in [-0.39, 0.29) is 18.5 Å². The van der Waals surface area contributed by atoms with Gasteiger partial charge in [-0.1, -0.05) is 0 Å². The molecule has 9 heteroatoms. The standard InChI is InChI=1S/C9H15N3O5S/c1-7(6-16-18(2,14)15)10-5-8-3-4-11-12-9(8)17-13/h3-4,7,10,13H,5-6H2,1-2H3/t7-/m0/s1. The summed E-state index contributed by atoms with van der Waals surface area (Å²) in [5, 5.41) is 18.7. The normalized spacial score (nSPS) is 13.3. The first-order valence-electron chi connectivity index (χ1n) is 5.12. The summed E-state index contributed by atoms with van der Waals surface area (Å²) in [6.45, 7) is 2.12. The molecule has 102 valence electrons. The van der Waals surface area contributed by atoms with E-state index in [4.69, 9.17) is 5.26 Å². The van der Waals surface area contributed by atoms with Crippen LogP contribution in [0.4, 0.5) is 0 Å². The van der Waals surface area contributed by atoms with E-state index in [0.717, 1.165) is 6.26 Å². The van der Waals surface area contributed by atoms with Gasteiger partial charge in [-0.2, -0.15) is 13.5 Å². The molecular formula is C9H15N3O5S. The third kappa shape index (κ3) is 5.36. The largest absolute Gasteiger partial charge is 0.318 e. The molecule has 0 fully saturated rings. The van der Waals surface area contributed by atoms with E-state index in [1.165, 1.54) is 6.20 Å². The topological polar surface area (TPSA) is 111 Å². The van der Waals surface area contributed by atoms with Crippen molar-refractivity contribution in [1.29, 1.82) is 0 Å². The number of hydrogen-bond acceptors (Lipinski definition) is 8. The van der Waals surface area contributed by atoms with Crippen molar-refractivity contribution in [3.63, 3.8) is 0 Å². The molecular weight excluding hydrogens is 262 g/mol. The van der Waals surface area contributed by atoms with Crippen LogP contribution in [0.15, 0.2) is 12.3 Å². The van der Waals surface area contributed by atoms with E-state index in [9.17, 15) is 8.42 Å². The molecule has 1 rings (SSSR count). The minimum Gasteiger partial charge on any atom is -0.318 e. The lowest BCUT2D eigenvalue weighted by Crippen LogP contribution is -2.31. The van der Waals surface area contributed by atoms with Crippen LogP contribution in [0, 0.1) is 0 Å². The van der Waals surface area contributed by atoms with Crippen molar-refractivity contribution in [2.75, 3.05) is 12.9 Å². The molecule has 0 aliphatic carbocycles. The highest BCUT2D eigenvalue weighted by Gasteiger charge is 2.10. The molecule has 0 aromatic carbocycles. The first-order chi connectivity index (χ1) is 8.42. The van der Waals surface area contributed by atoms with E-state index < -0.39 is 10.1 Å². The van der Waals surface area contributed by atoms with Gasteiger partial charge in [0, 0.05) is 18.2 Å². The molecule has 18 heavy (non-hydrogen) atoms. The van der Waals surface area contributed by atoms with Gasteiger partial charge in [0.15, 0.2) is 0 Å². The van der Waals surface area contributed by atoms with Crippen molar-refractivity contribution in [2.45, 2.75) is 19.5 Å². The van der Waals surface area contributed by atoms with Crippen molar-refractivity contribution in [2.24, 2.45) is 0 Å². The van der Waals surface area contributed by atoms with Gasteiger partial charge in [-0.05, 0) is 13.0 Å². The molecule has 0 radical (unpaired) electrons. The predicted molar refractivity (Wildman–Crippen MR) is 62.4 cm³/mol. The molecule has 0 saturated carbocycles. The van der Waals surface area contributed by atoms with Gasteiger partial charge >= 0.3 is 0 Å². The third-order valence-corrected chi connectivity index (χ3v) is 2.59. The Kier molecular flexibility index (Phi) is 5.41. The number of nitrogens with zero attached hydrogens (tertiary/aromatic N) is 2. The smallest absolute Gasteiger partial charge is 0.279 e. The molecule has 0 unspecified atom stereocenters. The molecule has 0 saturated heterocycles. The van der Waals surface area contributed by atoms with Gasteiger partial charge in [-0.25, -0.2) is 5.26 Å². The van der Waals surface area contributed by atoms with Crippen molar-refractivity contribution >= 4 is 10.1 Å². The van der Waals surface area contributed by atoms with Gasteiger partial charge < -0.3 is 10.2 Å². The summed E-state index contributed by atoms with van der Waals surface area (Å²) in [5.74, 6) is 0.00114. The summed E-state index contributed by atoms with van der Waals surface area (Å²) < 4.78 is 26.2. The highest BCUT2D eigenvalue weighted by Crippen LogP contribution is 2.11. The van der Waals surface area contributed by atoms with Gasteiger partial charge in [0.1, 0.15) is 0 Å². The van der Waals surface area contributed by atoms with Crippen molar-refractivity contribution in [1.82, 2.24) is 15.5 Å². The molecule has 0 amide bonds. The first kappa shape index (κ1) is 14.8. The lowest BCUT2D eigenvalue weighted by atomic mass is 10.2. The van der Waals surface area contributed by atoms with Crippen LogP contribution < -0.4 is 10.2 Å². The molecule has 1 aromatic heterocycles. The number of aromatic nitrogens is 2. The Bertz CT molecular complexity index is 479.